The third-order valence-electron chi connectivity index (χ3n) is 4.20. The predicted octanol–water partition coefficient (Wildman–Crippen LogP) is 3.02. The Kier molecular flexibility index (Phi) is 5.11. The summed E-state index contributed by atoms with van der Waals surface area (Å²) < 4.78 is 22.5. The Morgan fingerprint density at radius 1 is 1.12 bits per heavy atom. The number of rotatable bonds is 6. The van der Waals surface area contributed by atoms with Crippen molar-refractivity contribution in [2.75, 3.05) is 20.8 Å². The van der Waals surface area contributed by atoms with Gasteiger partial charge in [0, 0.05) is 24.2 Å². The molecule has 0 unspecified atom stereocenters. The minimum Gasteiger partial charge on any atom is -0.497 e. The highest BCUT2D eigenvalue weighted by atomic mass is 16.6. The maximum Gasteiger partial charge on any atom is 0.161 e. The number of nitrogens with one attached hydrogen (secondary N) is 1. The molecule has 24 heavy (non-hydrogen) atoms. The summed E-state index contributed by atoms with van der Waals surface area (Å²) in [4.78, 5) is 0. The summed E-state index contributed by atoms with van der Waals surface area (Å²) in [7, 11) is 3.31. The number of fused-ring (bicyclic) bond motifs is 1. The maximum atomic E-state index is 6.04. The second kappa shape index (κ2) is 7.45. The molecule has 1 N–H and O–H groups in total. The van der Waals surface area contributed by atoms with Crippen LogP contribution in [0, 0.1) is 0 Å². The van der Waals surface area contributed by atoms with Crippen molar-refractivity contribution in [3.8, 4) is 23.0 Å². The highest BCUT2D eigenvalue weighted by Gasteiger charge is 2.25. The van der Waals surface area contributed by atoms with Crippen LogP contribution in [0.5, 0.6) is 23.0 Å². The van der Waals surface area contributed by atoms with Crippen LogP contribution in [0.2, 0.25) is 0 Å². The lowest BCUT2D eigenvalue weighted by Gasteiger charge is -2.31. The number of hydrogen-bond donors (Lipinski definition) is 1. The van der Waals surface area contributed by atoms with E-state index in [4.69, 9.17) is 18.9 Å². The van der Waals surface area contributed by atoms with Crippen LogP contribution in [0.1, 0.15) is 12.5 Å². The topological polar surface area (TPSA) is 49.0 Å². The molecule has 2 atom stereocenters. The van der Waals surface area contributed by atoms with Gasteiger partial charge in [-0.05, 0) is 25.1 Å². The Labute approximate surface area is 142 Å². The summed E-state index contributed by atoms with van der Waals surface area (Å²) in [6, 6.07) is 13.7. The van der Waals surface area contributed by atoms with Crippen molar-refractivity contribution in [1.29, 1.82) is 0 Å². The van der Waals surface area contributed by atoms with Crippen LogP contribution in [0.4, 0.5) is 0 Å². The zero-order chi connectivity index (χ0) is 16.9. The first kappa shape index (κ1) is 16.5. The van der Waals surface area contributed by atoms with Gasteiger partial charge in [0.1, 0.15) is 24.2 Å². The fraction of sp³-hybridized carbons (Fsp3) is 0.368. The molecule has 0 aliphatic carbocycles. The molecule has 0 aromatic heterocycles. The van der Waals surface area contributed by atoms with E-state index in [1.807, 2.05) is 42.5 Å². The summed E-state index contributed by atoms with van der Waals surface area (Å²) in [6.07, 6.45) is -0.0378. The van der Waals surface area contributed by atoms with Gasteiger partial charge in [-0.15, -0.1) is 0 Å². The van der Waals surface area contributed by atoms with E-state index >= 15 is 0 Å². The second-order valence-electron chi connectivity index (χ2n) is 5.76. The van der Waals surface area contributed by atoms with Crippen LogP contribution in [0.25, 0.3) is 0 Å². The van der Waals surface area contributed by atoms with Crippen LogP contribution in [0.15, 0.2) is 42.5 Å². The van der Waals surface area contributed by atoms with Crippen LogP contribution in [-0.2, 0) is 6.54 Å². The fourth-order valence-electron chi connectivity index (χ4n) is 2.68. The third kappa shape index (κ3) is 3.57. The number of para-hydroxylation sites is 2. The molecule has 5 nitrogen and oxygen atoms in total. The third-order valence-corrected chi connectivity index (χ3v) is 4.20. The molecule has 1 heterocycles. The van der Waals surface area contributed by atoms with Crippen molar-refractivity contribution < 1.29 is 18.9 Å². The Hall–Kier alpha value is -2.40. The van der Waals surface area contributed by atoms with E-state index in [-0.39, 0.29) is 12.1 Å². The average molecular weight is 329 g/mol. The molecule has 3 rings (SSSR count). The van der Waals surface area contributed by atoms with Crippen molar-refractivity contribution in [3.05, 3.63) is 48.0 Å². The van der Waals surface area contributed by atoms with Crippen molar-refractivity contribution in [1.82, 2.24) is 5.32 Å². The molecule has 2 aromatic rings. The molecule has 1 aliphatic heterocycles. The van der Waals surface area contributed by atoms with Crippen LogP contribution in [-0.4, -0.2) is 33.0 Å². The lowest BCUT2D eigenvalue weighted by Crippen LogP contribution is -2.45. The van der Waals surface area contributed by atoms with E-state index in [1.54, 1.807) is 14.2 Å². The molecule has 0 radical (unpaired) electrons. The Morgan fingerprint density at radius 3 is 2.67 bits per heavy atom. The molecule has 1 aliphatic rings. The first-order valence-corrected chi connectivity index (χ1v) is 8.04. The zero-order valence-electron chi connectivity index (χ0n) is 14.2. The Morgan fingerprint density at radius 2 is 1.92 bits per heavy atom. The second-order valence-corrected chi connectivity index (χ2v) is 5.76. The largest absolute Gasteiger partial charge is 0.497 e. The monoisotopic (exact) mass is 329 g/mol. The van der Waals surface area contributed by atoms with E-state index in [0.717, 1.165) is 28.6 Å². The van der Waals surface area contributed by atoms with E-state index < -0.39 is 0 Å². The van der Waals surface area contributed by atoms with Crippen molar-refractivity contribution in [2.24, 2.45) is 0 Å². The van der Waals surface area contributed by atoms with E-state index in [0.29, 0.717) is 13.2 Å². The summed E-state index contributed by atoms with van der Waals surface area (Å²) in [5, 5.41) is 3.49. The van der Waals surface area contributed by atoms with Gasteiger partial charge in [-0.1, -0.05) is 18.2 Å². The van der Waals surface area contributed by atoms with Crippen LogP contribution >= 0.6 is 0 Å². The molecule has 0 saturated carbocycles. The smallest absolute Gasteiger partial charge is 0.161 e. The van der Waals surface area contributed by atoms with Gasteiger partial charge in [0.05, 0.1) is 14.2 Å². The molecule has 0 bridgehead atoms. The first-order chi connectivity index (χ1) is 11.7. The van der Waals surface area contributed by atoms with E-state index in [1.165, 1.54) is 0 Å². The highest BCUT2D eigenvalue weighted by Crippen LogP contribution is 2.31. The lowest BCUT2D eigenvalue weighted by atomic mass is 10.1. The fourth-order valence-corrected chi connectivity index (χ4v) is 2.68. The van der Waals surface area contributed by atoms with Crippen molar-refractivity contribution in [3.63, 3.8) is 0 Å². The van der Waals surface area contributed by atoms with Crippen molar-refractivity contribution >= 4 is 0 Å². The van der Waals surface area contributed by atoms with Crippen molar-refractivity contribution in [2.45, 2.75) is 25.6 Å². The minimum atomic E-state index is -0.0378. The summed E-state index contributed by atoms with van der Waals surface area (Å²) >= 11 is 0. The number of methoxy groups -OCH3 is 2. The summed E-state index contributed by atoms with van der Waals surface area (Å²) in [6.45, 7) is 3.30. The SMILES string of the molecule is COc1ccc(CN[C@H](C)[C@H]2COc3ccccc3O2)c(OC)c1. The van der Waals surface area contributed by atoms with E-state index in [9.17, 15) is 0 Å². The van der Waals surface area contributed by atoms with Gasteiger partial charge < -0.3 is 24.3 Å². The molecule has 2 aromatic carbocycles. The summed E-state index contributed by atoms with van der Waals surface area (Å²) in [5.41, 5.74) is 1.07. The van der Waals surface area contributed by atoms with Gasteiger partial charge in [0.15, 0.2) is 11.5 Å². The van der Waals surface area contributed by atoms with E-state index in [2.05, 4.69) is 12.2 Å². The molecule has 0 amide bonds. The molecular weight excluding hydrogens is 306 g/mol. The number of ether oxygens (including phenoxy) is 4. The lowest BCUT2D eigenvalue weighted by molar-refractivity contribution is 0.0662. The average Bonchev–Trinajstić information content (AvgIpc) is 2.65. The van der Waals surface area contributed by atoms with Gasteiger partial charge in [0.25, 0.3) is 0 Å². The molecule has 128 valence electrons. The van der Waals surface area contributed by atoms with Gasteiger partial charge in [-0.3, -0.25) is 0 Å². The Bertz CT molecular complexity index is 689. The maximum absolute atomic E-state index is 6.04. The van der Waals surface area contributed by atoms with Gasteiger partial charge >= 0.3 is 0 Å². The van der Waals surface area contributed by atoms with Crippen LogP contribution < -0.4 is 24.3 Å². The highest BCUT2D eigenvalue weighted by molar-refractivity contribution is 5.41. The molecular formula is C19H23NO4. The van der Waals surface area contributed by atoms with Gasteiger partial charge in [0.2, 0.25) is 0 Å². The quantitative estimate of drug-likeness (QED) is 0.883. The summed E-state index contributed by atoms with van der Waals surface area (Å²) in [5.74, 6) is 3.19. The first-order valence-electron chi connectivity index (χ1n) is 8.04. The standard InChI is InChI=1S/C19H23NO4/c1-13(19-12-23-16-6-4-5-7-17(16)24-19)20-11-14-8-9-15(21-2)10-18(14)22-3/h4-10,13,19-20H,11-12H2,1-3H3/t13-,19-/m1/s1. The zero-order valence-corrected chi connectivity index (χ0v) is 14.2. The number of hydrogen-bond acceptors (Lipinski definition) is 5. The minimum absolute atomic E-state index is 0.0378. The molecule has 0 spiro atoms. The normalized spacial score (nSPS) is 17.2. The molecule has 5 heteroatoms. The predicted molar refractivity (Wildman–Crippen MR) is 92.2 cm³/mol. The Balaban J connectivity index is 1.61. The molecule has 0 fully saturated rings. The van der Waals surface area contributed by atoms with Gasteiger partial charge in [-0.2, -0.15) is 0 Å². The van der Waals surface area contributed by atoms with Gasteiger partial charge in [-0.25, -0.2) is 0 Å². The van der Waals surface area contributed by atoms with Crippen LogP contribution in [0.3, 0.4) is 0 Å². The molecule has 0 saturated heterocycles. The number of benzene rings is 2.